The zero-order valence-electron chi connectivity index (χ0n) is 17.8. The first-order chi connectivity index (χ1) is 15.6. The standard InChI is InChI=1S/C23H27FN6O2/c24-19-4-1-17(2-5-19)18-3-7-21(25)22(15-18)26-23(31)8-6-20-16-30(28-27-20)10-9-29-11-13-32-14-12-29/h1-5,7,15-16H,6,8-14,25H2,(H,26,31). The number of aryl methyl sites for hydroxylation is 1. The quantitative estimate of drug-likeness (QED) is 0.525. The number of halogens is 1. The largest absolute Gasteiger partial charge is 0.397 e. The number of hydrogen-bond donors (Lipinski definition) is 2. The predicted molar refractivity (Wildman–Crippen MR) is 120 cm³/mol. The first-order valence-corrected chi connectivity index (χ1v) is 10.7. The lowest BCUT2D eigenvalue weighted by molar-refractivity contribution is -0.116. The molecule has 1 aromatic heterocycles. The van der Waals surface area contributed by atoms with Crippen molar-refractivity contribution in [2.75, 3.05) is 43.9 Å². The molecule has 0 saturated carbocycles. The van der Waals surface area contributed by atoms with Gasteiger partial charge in [-0.3, -0.25) is 14.4 Å². The minimum absolute atomic E-state index is 0.157. The molecule has 1 saturated heterocycles. The predicted octanol–water partition coefficient (Wildman–Crippen LogP) is 2.57. The van der Waals surface area contributed by atoms with Gasteiger partial charge in [-0.1, -0.05) is 23.4 Å². The highest BCUT2D eigenvalue weighted by molar-refractivity contribution is 5.95. The van der Waals surface area contributed by atoms with Crippen LogP contribution in [0.25, 0.3) is 11.1 Å². The number of benzene rings is 2. The van der Waals surface area contributed by atoms with Gasteiger partial charge in [0.15, 0.2) is 0 Å². The summed E-state index contributed by atoms with van der Waals surface area (Å²) in [6.45, 7) is 5.08. The van der Waals surface area contributed by atoms with Crippen molar-refractivity contribution >= 4 is 17.3 Å². The molecule has 1 amide bonds. The molecule has 0 atom stereocenters. The maximum atomic E-state index is 13.2. The second-order valence-corrected chi connectivity index (χ2v) is 7.78. The number of anilines is 2. The zero-order valence-corrected chi connectivity index (χ0v) is 17.8. The highest BCUT2D eigenvalue weighted by atomic mass is 19.1. The van der Waals surface area contributed by atoms with Crippen LogP contribution < -0.4 is 11.1 Å². The molecule has 1 fully saturated rings. The number of nitrogens with two attached hydrogens (primary N) is 1. The Morgan fingerprint density at radius 3 is 2.62 bits per heavy atom. The first-order valence-electron chi connectivity index (χ1n) is 10.7. The van der Waals surface area contributed by atoms with Crippen molar-refractivity contribution in [1.82, 2.24) is 19.9 Å². The molecule has 1 aliphatic rings. The molecule has 2 aromatic carbocycles. The van der Waals surface area contributed by atoms with Gasteiger partial charge in [-0.15, -0.1) is 5.10 Å². The highest BCUT2D eigenvalue weighted by Gasteiger charge is 2.12. The van der Waals surface area contributed by atoms with E-state index in [4.69, 9.17) is 10.5 Å². The fourth-order valence-electron chi connectivity index (χ4n) is 3.57. The smallest absolute Gasteiger partial charge is 0.224 e. The van der Waals surface area contributed by atoms with E-state index in [1.165, 1.54) is 12.1 Å². The number of rotatable bonds is 8. The number of amides is 1. The number of nitrogen functional groups attached to an aromatic ring is 1. The summed E-state index contributed by atoms with van der Waals surface area (Å²) in [5.41, 5.74) is 9.50. The summed E-state index contributed by atoms with van der Waals surface area (Å²) in [4.78, 5) is 14.8. The van der Waals surface area contributed by atoms with E-state index in [-0.39, 0.29) is 18.1 Å². The lowest BCUT2D eigenvalue weighted by Crippen LogP contribution is -2.38. The van der Waals surface area contributed by atoms with E-state index in [1.54, 1.807) is 24.3 Å². The average molecular weight is 439 g/mol. The van der Waals surface area contributed by atoms with Crippen molar-refractivity contribution < 1.29 is 13.9 Å². The molecule has 2 heterocycles. The Hall–Kier alpha value is -3.30. The topological polar surface area (TPSA) is 98.3 Å². The number of ether oxygens (including phenoxy) is 1. The Kier molecular flexibility index (Phi) is 7.08. The monoisotopic (exact) mass is 438 g/mol. The SMILES string of the molecule is Nc1ccc(-c2ccc(F)cc2)cc1NC(=O)CCc1cn(CCN2CCOCC2)nn1. The van der Waals surface area contributed by atoms with Gasteiger partial charge in [-0.2, -0.15) is 0 Å². The van der Waals surface area contributed by atoms with Gasteiger partial charge in [-0.25, -0.2) is 4.39 Å². The van der Waals surface area contributed by atoms with Gasteiger partial charge in [0, 0.05) is 38.7 Å². The van der Waals surface area contributed by atoms with Crippen molar-refractivity contribution in [3.8, 4) is 11.1 Å². The molecule has 168 valence electrons. The minimum atomic E-state index is -0.296. The van der Waals surface area contributed by atoms with Gasteiger partial charge in [-0.05, 0) is 35.4 Å². The van der Waals surface area contributed by atoms with Crippen LogP contribution in [0.1, 0.15) is 12.1 Å². The van der Waals surface area contributed by atoms with Crippen LogP contribution in [0.15, 0.2) is 48.7 Å². The van der Waals surface area contributed by atoms with Crippen LogP contribution in [0.4, 0.5) is 15.8 Å². The Bertz CT molecular complexity index is 1050. The summed E-state index contributed by atoms with van der Waals surface area (Å²) in [5, 5.41) is 11.2. The van der Waals surface area contributed by atoms with Crippen LogP contribution in [0.2, 0.25) is 0 Å². The number of aromatic nitrogens is 3. The van der Waals surface area contributed by atoms with Crippen molar-refractivity contribution in [2.24, 2.45) is 0 Å². The fourth-order valence-corrected chi connectivity index (χ4v) is 3.57. The number of carbonyl (C=O) groups excluding carboxylic acids is 1. The molecule has 3 aromatic rings. The highest BCUT2D eigenvalue weighted by Crippen LogP contribution is 2.27. The van der Waals surface area contributed by atoms with Crippen LogP contribution in [0, 0.1) is 5.82 Å². The molecule has 1 aliphatic heterocycles. The number of morpholine rings is 1. The molecule has 8 nitrogen and oxygen atoms in total. The van der Waals surface area contributed by atoms with Crippen LogP contribution in [-0.2, 0) is 22.5 Å². The van der Waals surface area contributed by atoms with Gasteiger partial charge in [0.1, 0.15) is 5.82 Å². The van der Waals surface area contributed by atoms with Gasteiger partial charge in [0.2, 0.25) is 5.91 Å². The molecular formula is C23H27FN6O2. The fraction of sp³-hybridized carbons (Fsp3) is 0.348. The lowest BCUT2D eigenvalue weighted by atomic mass is 10.0. The molecule has 3 N–H and O–H groups in total. The maximum absolute atomic E-state index is 13.2. The Morgan fingerprint density at radius 1 is 1.09 bits per heavy atom. The van der Waals surface area contributed by atoms with E-state index >= 15 is 0 Å². The van der Waals surface area contributed by atoms with E-state index in [1.807, 2.05) is 16.9 Å². The summed E-state index contributed by atoms with van der Waals surface area (Å²) in [6.07, 6.45) is 2.64. The van der Waals surface area contributed by atoms with Crippen molar-refractivity contribution in [3.05, 3.63) is 60.2 Å². The third-order valence-corrected chi connectivity index (χ3v) is 5.45. The summed E-state index contributed by atoms with van der Waals surface area (Å²) < 4.78 is 20.3. The number of carbonyl (C=O) groups is 1. The van der Waals surface area contributed by atoms with Crippen molar-refractivity contribution in [1.29, 1.82) is 0 Å². The van der Waals surface area contributed by atoms with E-state index in [0.29, 0.717) is 17.8 Å². The first kappa shape index (κ1) is 21.9. The third kappa shape index (κ3) is 5.89. The molecule has 0 radical (unpaired) electrons. The van der Waals surface area contributed by atoms with Crippen molar-refractivity contribution in [3.63, 3.8) is 0 Å². The van der Waals surface area contributed by atoms with E-state index in [9.17, 15) is 9.18 Å². The van der Waals surface area contributed by atoms with Crippen LogP contribution in [-0.4, -0.2) is 58.6 Å². The summed E-state index contributed by atoms with van der Waals surface area (Å²) in [7, 11) is 0. The van der Waals surface area contributed by atoms with E-state index in [0.717, 1.165) is 56.2 Å². The van der Waals surface area contributed by atoms with Crippen molar-refractivity contribution in [2.45, 2.75) is 19.4 Å². The molecule has 9 heteroatoms. The number of hydrogen-bond acceptors (Lipinski definition) is 6. The van der Waals surface area contributed by atoms with Crippen LogP contribution in [0.3, 0.4) is 0 Å². The zero-order chi connectivity index (χ0) is 22.3. The molecule has 0 spiro atoms. The number of nitrogens with zero attached hydrogens (tertiary/aromatic N) is 4. The van der Waals surface area contributed by atoms with E-state index in [2.05, 4.69) is 20.5 Å². The molecule has 0 bridgehead atoms. The summed E-state index contributed by atoms with van der Waals surface area (Å²) in [6, 6.07) is 11.5. The van der Waals surface area contributed by atoms with E-state index < -0.39 is 0 Å². The van der Waals surface area contributed by atoms with Crippen LogP contribution in [0.5, 0.6) is 0 Å². The Labute approximate surface area is 186 Å². The summed E-state index contributed by atoms with van der Waals surface area (Å²) >= 11 is 0. The van der Waals surface area contributed by atoms with Gasteiger partial charge in [0.05, 0.1) is 36.8 Å². The lowest BCUT2D eigenvalue weighted by Gasteiger charge is -2.26. The Morgan fingerprint density at radius 2 is 1.84 bits per heavy atom. The molecule has 4 rings (SSSR count). The van der Waals surface area contributed by atoms with Gasteiger partial charge < -0.3 is 15.8 Å². The second-order valence-electron chi connectivity index (χ2n) is 7.78. The van der Waals surface area contributed by atoms with Gasteiger partial charge in [0.25, 0.3) is 0 Å². The van der Waals surface area contributed by atoms with Crippen LogP contribution >= 0.6 is 0 Å². The molecular weight excluding hydrogens is 411 g/mol. The Balaban J connectivity index is 1.29. The third-order valence-electron chi connectivity index (χ3n) is 5.45. The van der Waals surface area contributed by atoms with Gasteiger partial charge >= 0.3 is 0 Å². The number of nitrogens with one attached hydrogen (secondary N) is 1. The minimum Gasteiger partial charge on any atom is -0.397 e. The molecule has 32 heavy (non-hydrogen) atoms. The second kappa shape index (κ2) is 10.3. The molecule has 0 unspecified atom stereocenters. The maximum Gasteiger partial charge on any atom is 0.224 e. The summed E-state index contributed by atoms with van der Waals surface area (Å²) in [5.74, 6) is -0.452. The normalized spacial score (nSPS) is 14.4. The molecule has 0 aliphatic carbocycles. The average Bonchev–Trinajstić information content (AvgIpc) is 3.27.